The molecule has 0 aliphatic carbocycles. The van der Waals surface area contributed by atoms with Crippen molar-refractivity contribution < 1.29 is 14.7 Å². The van der Waals surface area contributed by atoms with Gasteiger partial charge in [-0.15, -0.1) is 0 Å². The maximum atomic E-state index is 10.7. The molecule has 0 bridgehead atoms. The number of carboxylic acid groups (broad SMARTS) is 1. The van der Waals surface area contributed by atoms with E-state index in [0.29, 0.717) is 5.69 Å². The Labute approximate surface area is 88.9 Å². The second kappa shape index (κ2) is 6.59. The Morgan fingerprint density at radius 1 is 1.13 bits per heavy atom. The van der Waals surface area contributed by atoms with Gasteiger partial charge in [-0.05, 0) is 19.1 Å². The van der Waals surface area contributed by atoms with E-state index in [1.807, 2.05) is 20.8 Å². The zero-order chi connectivity index (χ0) is 11.8. The molecule has 2 N–H and O–H groups in total. The van der Waals surface area contributed by atoms with Gasteiger partial charge in [-0.1, -0.05) is 31.5 Å². The van der Waals surface area contributed by atoms with Crippen molar-refractivity contribution in [3.05, 3.63) is 29.8 Å². The number of anilines is 1. The number of rotatable bonds is 1. The summed E-state index contributed by atoms with van der Waals surface area (Å²) in [6, 6.07) is 6.88. The Morgan fingerprint density at radius 3 is 2.00 bits per heavy atom. The molecule has 1 rings (SSSR count). The van der Waals surface area contributed by atoms with E-state index in [9.17, 15) is 9.59 Å². The van der Waals surface area contributed by atoms with Gasteiger partial charge < -0.3 is 10.4 Å². The van der Waals surface area contributed by atoms with Gasteiger partial charge in [0.2, 0.25) is 0 Å². The van der Waals surface area contributed by atoms with Crippen LogP contribution in [0, 0.1) is 6.92 Å². The highest BCUT2D eigenvalue weighted by Gasteiger charge is 2.10. The molecule has 0 atom stereocenters. The molecule has 0 aromatic heterocycles. The lowest BCUT2D eigenvalue weighted by Crippen LogP contribution is -2.21. The molecule has 0 aliphatic heterocycles. The number of nitrogens with one attached hydrogen (secondary N) is 1. The maximum absolute atomic E-state index is 10.7. The fourth-order valence-electron chi connectivity index (χ4n) is 0.821. The van der Waals surface area contributed by atoms with Crippen molar-refractivity contribution >= 4 is 17.6 Å². The normalized spacial score (nSPS) is 8.47. The zero-order valence-electron chi connectivity index (χ0n) is 9.07. The average Bonchev–Trinajstić information content (AvgIpc) is 2.24. The van der Waals surface area contributed by atoms with Crippen molar-refractivity contribution in [1.82, 2.24) is 0 Å². The summed E-state index contributed by atoms with van der Waals surface area (Å²) in [4.78, 5) is 20.8. The summed E-state index contributed by atoms with van der Waals surface area (Å²) in [5.41, 5.74) is 1.53. The van der Waals surface area contributed by atoms with Gasteiger partial charge in [0, 0.05) is 5.69 Å². The second-order valence-electron chi connectivity index (χ2n) is 2.63. The SMILES string of the molecule is CC.Cc1ccc(NC(=O)C(=O)O)cc1. The number of hydrogen-bond donors (Lipinski definition) is 2. The number of aryl methyl sites for hydroxylation is 1. The zero-order valence-corrected chi connectivity index (χ0v) is 9.07. The Morgan fingerprint density at radius 2 is 1.60 bits per heavy atom. The third kappa shape index (κ3) is 4.81. The van der Waals surface area contributed by atoms with Crippen LogP contribution in [-0.4, -0.2) is 17.0 Å². The minimum atomic E-state index is -1.49. The summed E-state index contributed by atoms with van der Waals surface area (Å²) < 4.78 is 0. The Balaban J connectivity index is 0.000000921. The van der Waals surface area contributed by atoms with E-state index >= 15 is 0 Å². The van der Waals surface area contributed by atoms with Crippen molar-refractivity contribution in [3.63, 3.8) is 0 Å². The molecule has 0 aliphatic rings. The van der Waals surface area contributed by atoms with Crippen LogP contribution in [0.2, 0.25) is 0 Å². The van der Waals surface area contributed by atoms with Crippen molar-refractivity contribution in [3.8, 4) is 0 Å². The fraction of sp³-hybridized carbons (Fsp3) is 0.273. The first-order chi connectivity index (χ1) is 7.09. The molecule has 0 spiro atoms. The maximum Gasteiger partial charge on any atom is 0.394 e. The van der Waals surface area contributed by atoms with Gasteiger partial charge in [0.05, 0.1) is 0 Å². The average molecular weight is 209 g/mol. The molecule has 0 unspecified atom stereocenters. The number of hydrogen-bond acceptors (Lipinski definition) is 2. The molecule has 0 fully saturated rings. The quantitative estimate of drug-likeness (QED) is 0.695. The molecule has 1 aromatic rings. The lowest BCUT2D eigenvalue weighted by molar-refractivity contribution is -0.147. The summed E-state index contributed by atoms with van der Waals surface area (Å²) in [6.45, 7) is 5.91. The van der Waals surface area contributed by atoms with Crippen molar-refractivity contribution in [2.24, 2.45) is 0 Å². The molecule has 82 valence electrons. The Hall–Kier alpha value is -1.84. The summed E-state index contributed by atoms with van der Waals surface area (Å²) in [5, 5.41) is 10.5. The predicted octanol–water partition coefficient (Wildman–Crippen LogP) is 2.04. The van der Waals surface area contributed by atoms with Crippen LogP contribution in [0.5, 0.6) is 0 Å². The number of aliphatic carboxylic acids is 1. The number of carboxylic acids is 1. The number of carbonyl (C=O) groups is 2. The molecule has 1 amide bonds. The Bertz CT molecular complexity index is 330. The minimum absolute atomic E-state index is 0.484. The van der Waals surface area contributed by atoms with Gasteiger partial charge in [-0.2, -0.15) is 0 Å². The smallest absolute Gasteiger partial charge is 0.394 e. The van der Waals surface area contributed by atoms with E-state index in [4.69, 9.17) is 5.11 Å². The lowest BCUT2D eigenvalue weighted by Gasteiger charge is -2.01. The largest absolute Gasteiger partial charge is 0.474 e. The van der Waals surface area contributed by atoms with E-state index in [0.717, 1.165) is 5.56 Å². The third-order valence-corrected chi connectivity index (χ3v) is 1.50. The lowest BCUT2D eigenvalue weighted by atomic mass is 10.2. The first kappa shape index (κ1) is 13.2. The van der Waals surface area contributed by atoms with Crippen molar-refractivity contribution in [2.45, 2.75) is 20.8 Å². The standard InChI is InChI=1S/C9H9NO3.C2H6/c1-6-2-4-7(5-3-6)10-8(11)9(12)13;1-2/h2-5H,1H3,(H,10,11)(H,12,13);1-2H3. The van der Waals surface area contributed by atoms with Crippen molar-refractivity contribution in [1.29, 1.82) is 0 Å². The number of amides is 1. The van der Waals surface area contributed by atoms with Crippen LogP contribution in [0.4, 0.5) is 5.69 Å². The first-order valence-electron chi connectivity index (χ1n) is 4.70. The molecule has 0 saturated heterocycles. The molecular formula is C11H15NO3. The van der Waals surface area contributed by atoms with Gasteiger partial charge in [-0.3, -0.25) is 4.79 Å². The van der Waals surface area contributed by atoms with Crippen LogP contribution in [0.3, 0.4) is 0 Å². The van der Waals surface area contributed by atoms with Crippen LogP contribution >= 0.6 is 0 Å². The van der Waals surface area contributed by atoms with E-state index in [-0.39, 0.29) is 0 Å². The molecule has 15 heavy (non-hydrogen) atoms. The van der Waals surface area contributed by atoms with Crippen molar-refractivity contribution in [2.75, 3.05) is 5.32 Å². The first-order valence-corrected chi connectivity index (χ1v) is 4.70. The van der Waals surface area contributed by atoms with Crippen LogP contribution in [0.25, 0.3) is 0 Å². The second-order valence-corrected chi connectivity index (χ2v) is 2.63. The Kier molecular flexibility index (Phi) is 5.78. The molecule has 0 saturated carbocycles. The number of carbonyl (C=O) groups excluding carboxylic acids is 1. The summed E-state index contributed by atoms with van der Waals surface area (Å²) in [7, 11) is 0. The third-order valence-electron chi connectivity index (χ3n) is 1.50. The highest BCUT2D eigenvalue weighted by Crippen LogP contribution is 2.07. The van der Waals surface area contributed by atoms with Crippen LogP contribution in [-0.2, 0) is 9.59 Å². The van der Waals surface area contributed by atoms with E-state index in [2.05, 4.69) is 5.32 Å². The van der Waals surface area contributed by atoms with E-state index < -0.39 is 11.9 Å². The molecule has 0 heterocycles. The van der Waals surface area contributed by atoms with Crippen LogP contribution in [0.1, 0.15) is 19.4 Å². The highest BCUT2D eigenvalue weighted by atomic mass is 16.4. The molecular weight excluding hydrogens is 194 g/mol. The van der Waals surface area contributed by atoms with E-state index in [1.54, 1.807) is 24.3 Å². The highest BCUT2D eigenvalue weighted by molar-refractivity contribution is 6.36. The van der Waals surface area contributed by atoms with Gasteiger partial charge in [0.1, 0.15) is 0 Å². The van der Waals surface area contributed by atoms with Gasteiger partial charge in [0.15, 0.2) is 0 Å². The molecule has 4 nitrogen and oxygen atoms in total. The van der Waals surface area contributed by atoms with Gasteiger partial charge in [0.25, 0.3) is 0 Å². The summed E-state index contributed by atoms with van der Waals surface area (Å²) in [6.07, 6.45) is 0. The topological polar surface area (TPSA) is 66.4 Å². The predicted molar refractivity (Wildman–Crippen MR) is 58.8 cm³/mol. The molecule has 1 aromatic carbocycles. The number of benzene rings is 1. The minimum Gasteiger partial charge on any atom is -0.474 e. The monoisotopic (exact) mass is 209 g/mol. The van der Waals surface area contributed by atoms with E-state index in [1.165, 1.54) is 0 Å². The van der Waals surface area contributed by atoms with Gasteiger partial charge in [-0.25, -0.2) is 4.79 Å². The molecule has 4 heteroatoms. The van der Waals surface area contributed by atoms with Crippen LogP contribution in [0.15, 0.2) is 24.3 Å². The van der Waals surface area contributed by atoms with Gasteiger partial charge >= 0.3 is 11.9 Å². The fourth-order valence-corrected chi connectivity index (χ4v) is 0.821. The summed E-state index contributed by atoms with van der Waals surface area (Å²) >= 11 is 0. The summed E-state index contributed by atoms with van der Waals surface area (Å²) in [5.74, 6) is -2.51. The molecule has 0 radical (unpaired) electrons. The van der Waals surface area contributed by atoms with Crippen LogP contribution < -0.4 is 5.32 Å².